The molecule has 3 amide bonds. The van der Waals surface area contributed by atoms with Crippen LogP contribution in [0, 0.1) is 10.1 Å². The Balaban J connectivity index is 1.39. The van der Waals surface area contributed by atoms with E-state index in [1.807, 2.05) is 0 Å². The minimum absolute atomic E-state index is 0.00365. The number of hydrogen-bond acceptors (Lipinski definition) is 9. The molecule has 2 aliphatic rings. The van der Waals surface area contributed by atoms with Crippen LogP contribution in [-0.2, 0) is 25.7 Å². The van der Waals surface area contributed by atoms with Crippen molar-refractivity contribution in [3.05, 3.63) is 87.2 Å². The van der Waals surface area contributed by atoms with Gasteiger partial charge in [-0.1, -0.05) is 30.3 Å². The molecule has 4 rings (SSSR count). The smallest absolute Gasteiger partial charge is 0.411 e. The fraction of sp³-hybridized carbons (Fsp3) is 0.217. The number of benzene rings is 2. The Hall–Kier alpha value is -4.43. The van der Waals surface area contributed by atoms with E-state index in [0.29, 0.717) is 11.1 Å². The van der Waals surface area contributed by atoms with Gasteiger partial charge in [0, 0.05) is 17.9 Å². The molecule has 0 saturated carbocycles. The second-order valence-corrected chi connectivity index (χ2v) is 9.07. The summed E-state index contributed by atoms with van der Waals surface area (Å²) in [6.45, 7) is -0.226. The lowest BCUT2D eigenvalue weighted by atomic mass is 10.0. The maximum Gasteiger partial charge on any atom is 0.411 e. The highest BCUT2D eigenvalue weighted by Crippen LogP contribution is 2.40. The van der Waals surface area contributed by atoms with Crippen molar-refractivity contribution in [3.8, 4) is 0 Å². The lowest BCUT2D eigenvalue weighted by Crippen LogP contribution is -2.71. The molecule has 13 nitrogen and oxygen atoms in total. The fourth-order valence-electron chi connectivity index (χ4n) is 3.76. The molecule has 192 valence electrons. The Morgan fingerprint density at radius 2 is 1.84 bits per heavy atom. The minimum atomic E-state index is -1.51. The van der Waals surface area contributed by atoms with E-state index in [0.717, 1.165) is 16.7 Å². The number of non-ortho nitro benzene ring substituents is 1. The third-order valence-electron chi connectivity index (χ3n) is 5.60. The average Bonchev–Trinajstić information content (AvgIpc) is 2.90. The van der Waals surface area contributed by atoms with Crippen LogP contribution in [0.1, 0.15) is 17.2 Å². The Bertz CT molecular complexity index is 1280. The van der Waals surface area contributed by atoms with E-state index in [2.05, 4.69) is 10.6 Å². The summed E-state index contributed by atoms with van der Waals surface area (Å²) in [5.74, 6) is -2.97. The van der Waals surface area contributed by atoms with Gasteiger partial charge in [-0.25, -0.2) is 9.59 Å². The number of amides is 3. The van der Waals surface area contributed by atoms with Crippen LogP contribution in [-0.4, -0.2) is 61.1 Å². The Labute approximate surface area is 213 Å². The second kappa shape index (κ2) is 10.7. The van der Waals surface area contributed by atoms with Crippen molar-refractivity contribution >= 4 is 41.3 Å². The first kappa shape index (κ1) is 25.7. The zero-order valence-corrected chi connectivity index (χ0v) is 19.7. The number of aliphatic hydroxyl groups excluding tert-OH is 1. The molecule has 2 aromatic carbocycles. The van der Waals surface area contributed by atoms with E-state index in [9.17, 15) is 39.5 Å². The number of carbonyl (C=O) groups is 4. The number of nitrogens with one attached hydrogen (secondary N) is 2. The van der Waals surface area contributed by atoms with Crippen molar-refractivity contribution < 1.29 is 39.1 Å². The standard InChI is InChI=1S/C23H20N4O9S/c28-18(13-4-2-1-3-5-13)19(29)25-16-20(30)26-17(22(31)32)15(11-37-21(16)26)24-23(33)36-10-12-6-8-14(9-7-12)27(34)35/h1-9,16,18,21,28H,10-11H2,(H,24,33)(H,25,29)(H,31,32)/t16?,18?,21-/m0/s1. The number of aliphatic hydroxyl groups is 1. The maximum absolute atomic E-state index is 12.7. The zero-order valence-electron chi connectivity index (χ0n) is 18.9. The SMILES string of the molecule is O=C(NC1=C(C(=O)O)N2C(=O)C(NC(=O)C(O)c3ccccc3)[C@@H]2SC1)OCc1ccc([N+](=O)[O-])cc1. The van der Waals surface area contributed by atoms with Gasteiger partial charge in [-0.3, -0.25) is 29.9 Å². The summed E-state index contributed by atoms with van der Waals surface area (Å²) in [6.07, 6.45) is -2.48. The van der Waals surface area contributed by atoms with E-state index in [1.165, 1.54) is 24.3 Å². The number of thioether (sulfide) groups is 1. The summed E-state index contributed by atoms with van der Waals surface area (Å²) in [4.78, 5) is 60.5. The molecule has 2 aromatic rings. The first-order valence-corrected chi connectivity index (χ1v) is 11.8. The van der Waals surface area contributed by atoms with E-state index < -0.39 is 52.0 Å². The molecule has 37 heavy (non-hydrogen) atoms. The number of ether oxygens (including phenoxy) is 1. The normalized spacial score (nSPS) is 19.3. The van der Waals surface area contributed by atoms with E-state index >= 15 is 0 Å². The van der Waals surface area contributed by atoms with E-state index in [-0.39, 0.29) is 23.7 Å². The van der Waals surface area contributed by atoms with Gasteiger partial charge in [0.05, 0.1) is 10.6 Å². The predicted molar refractivity (Wildman–Crippen MR) is 128 cm³/mol. The lowest BCUT2D eigenvalue weighted by molar-refractivity contribution is -0.384. The number of aliphatic carboxylic acids is 1. The molecule has 1 fully saturated rings. The van der Waals surface area contributed by atoms with Crippen molar-refractivity contribution in [3.63, 3.8) is 0 Å². The third kappa shape index (κ3) is 5.39. The Morgan fingerprint density at radius 3 is 2.46 bits per heavy atom. The predicted octanol–water partition coefficient (Wildman–Crippen LogP) is 1.25. The molecule has 0 bridgehead atoms. The number of hydrogen-bond donors (Lipinski definition) is 4. The Morgan fingerprint density at radius 1 is 1.16 bits per heavy atom. The number of fused-ring (bicyclic) bond motifs is 1. The summed E-state index contributed by atoms with van der Waals surface area (Å²) in [5.41, 5.74) is 0.173. The zero-order chi connectivity index (χ0) is 26.7. The number of β-lactam (4-membered cyclic amide) rings is 1. The molecule has 0 aromatic heterocycles. The van der Waals surface area contributed by atoms with Gasteiger partial charge < -0.3 is 20.3 Å². The van der Waals surface area contributed by atoms with Crippen molar-refractivity contribution in [2.24, 2.45) is 0 Å². The molecule has 4 N–H and O–H groups in total. The van der Waals surface area contributed by atoms with Gasteiger partial charge in [-0.15, -0.1) is 11.8 Å². The highest BCUT2D eigenvalue weighted by Gasteiger charge is 2.54. The fourth-order valence-corrected chi connectivity index (χ4v) is 5.04. The van der Waals surface area contributed by atoms with Crippen LogP contribution in [0.15, 0.2) is 66.0 Å². The number of rotatable bonds is 8. The van der Waals surface area contributed by atoms with E-state index in [1.54, 1.807) is 30.3 Å². The Kier molecular flexibility index (Phi) is 7.40. The van der Waals surface area contributed by atoms with Crippen molar-refractivity contribution in [2.45, 2.75) is 24.1 Å². The lowest BCUT2D eigenvalue weighted by Gasteiger charge is -2.49. The van der Waals surface area contributed by atoms with Gasteiger partial charge in [0.2, 0.25) is 0 Å². The van der Waals surface area contributed by atoms with Gasteiger partial charge in [0.25, 0.3) is 17.5 Å². The molecular formula is C23H20N4O9S. The monoisotopic (exact) mass is 528 g/mol. The number of nitrogens with zero attached hydrogens (tertiary/aromatic N) is 2. The topological polar surface area (TPSA) is 188 Å². The molecule has 14 heteroatoms. The van der Waals surface area contributed by atoms with Crippen LogP contribution in [0.3, 0.4) is 0 Å². The molecule has 1 saturated heterocycles. The second-order valence-electron chi connectivity index (χ2n) is 7.97. The third-order valence-corrected chi connectivity index (χ3v) is 6.88. The van der Waals surface area contributed by atoms with Gasteiger partial charge in [-0.05, 0) is 23.3 Å². The molecule has 2 heterocycles. The van der Waals surface area contributed by atoms with Crippen LogP contribution in [0.25, 0.3) is 0 Å². The largest absolute Gasteiger partial charge is 0.477 e. The summed E-state index contributed by atoms with van der Waals surface area (Å²) < 4.78 is 5.06. The number of carboxylic acid groups (broad SMARTS) is 1. The van der Waals surface area contributed by atoms with Crippen LogP contribution in [0.2, 0.25) is 0 Å². The number of nitro benzene ring substituents is 1. The highest BCUT2D eigenvalue weighted by atomic mass is 32.2. The molecule has 0 aliphatic carbocycles. The first-order chi connectivity index (χ1) is 17.7. The van der Waals surface area contributed by atoms with E-state index in [4.69, 9.17) is 4.74 Å². The van der Waals surface area contributed by atoms with Gasteiger partial charge in [0.1, 0.15) is 18.0 Å². The quantitative estimate of drug-likeness (QED) is 0.220. The summed E-state index contributed by atoms with van der Waals surface area (Å²) >= 11 is 1.12. The van der Waals surface area contributed by atoms with Crippen molar-refractivity contribution in [1.82, 2.24) is 15.5 Å². The molecule has 0 radical (unpaired) electrons. The van der Waals surface area contributed by atoms with Gasteiger partial charge in [-0.2, -0.15) is 0 Å². The number of carboxylic acids is 1. The summed E-state index contributed by atoms with van der Waals surface area (Å²) in [7, 11) is 0. The van der Waals surface area contributed by atoms with Gasteiger partial charge in [0.15, 0.2) is 11.8 Å². The number of nitro groups is 1. The molecule has 0 spiro atoms. The van der Waals surface area contributed by atoms with Crippen LogP contribution < -0.4 is 10.6 Å². The maximum atomic E-state index is 12.7. The number of alkyl carbamates (subject to hydrolysis) is 1. The summed E-state index contributed by atoms with van der Waals surface area (Å²) in [5, 5.41) is 34.7. The average molecular weight is 528 g/mol. The molecule has 3 atom stereocenters. The van der Waals surface area contributed by atoms with Gasteiger partial charge >= 0.3 is 12.1 Å². The van der Waals surface area contributed by atoms with Crippen LogP contribution in [0.5, 0.6) is 0 Å². The minimum Gasteiger partial charge on any atom is -0.477 e. The molecular weight excluding hydrogens is 508 g/mol. The van der Waals surface area contributed by atoms with Crippen molar-refractivity contribution in [1.29, 1.82) is 0 Å². The summed E-state index contributed by atoms with van der Waals surface area (Å²) in [6, 6.07) is 12.4. The van der Waals surface area contributed by atoms with Crippen LogP contribution in [0.4, 0.5) is 10.5 Å². The first-order valence-electron chi connectivity index (χ1n) is 10.8. The van der Waals surface area contributed by atoms with Crippen molar-refractivity contribution in [2.75, 3.05) is 5.75 Å². The molecule has 2 unspecified atom stereocenters. The molecule has 2 aliphatic heterocycles. The van der Waals surface area contributed by atoms with Crippen LogP contribution >= 0.6 is 11.8 Å². The highest BCUT2D eigenvalue weighted by molar-refractivity contribution is 8.00. The number of carbonyl (C=O) groups excluding carboxylic acids is 3.